The van der Waals surface area contributed by atoms with Crippen molar-refractivity contribution in [1.29, 1.82) is 0 Å². The molecule has 0 aliphatic carbocycles. The van der Waals surface area contributed by atoms with Crippen LogP contribution in [-0.2, 0) is 0 Å². The maximum Gasteiger partial charge on any atom is 0.133 e. The van der Waals surface area contributed by atoms with Crippen LogP contribution in [0.5, 0.6) is 0 Å². The molecule has 0 bridgehead atoms. The first-order valence-electron chi connectivity index (χ1n) is 3.78. The van der Waals surface area contributed by atoms with E-state index in [1.807, 2.05) is 0 Å². The third kappa shape index (κ3) is 1.15. The van der Waals surface area contributed by atoms with Crippen molar-refractivity contribution in [3.8, 4) is 0 Å². The quantitative estimate of drug-likeness (QED) is 0.347. The fourth-order valence-electron chi connectivity index (χ4n) is 1.37. The van der Waals surface area contributed by atoms with Gasteiger partial charge in [0.2, 0.25) is 0 Å². The van der Waals surface area contributed by atoms with Gasteiger partial charge in [0.25, 0.3) is 0 Å². The average Bonchev–Trinajstić information content (AvgIpc) is 2.59. The Hall–Kier alpha value is -0.160. The molecule has 2 aliphatic rings. The second-order valence-electron chi connectivity index (χ2n) is 2.61. The fourth-order valence-corrected chi connectivity index (χ4v) is 1.37. The Morgan fingerprint density at radius 2 is 1.50 bits per heavy atom. The van der Waals surface area contributed by atoms with Gasteiger partial charge in [0.05, 0.1) is 6.17 Å². The minimum Gasteiger partial charge on any atom is -0.298 e. The third-order valence-corrected chi connectivity index (χ3v) is 1.87. The maximum absolute atomic E-state index is 3.33. The fraction of sp³-hybridized carbons (Fsp3) is 0.833. The Bertz CT molecular complexity index is 90.3. The Labute approximate surface area is 60.8 Å². The highest BCUT2D eigenvalue weighted by Gasteiger charge is 2.26. The van der Waals surface area contributed by atoms with Crippen LogP contribution in [0.4, 0.5) is 0 Å². The molecule has 4 nitrogen and oxygen atoms in total. The van der Waals surface area contributed by atoms with Gasteiger partial charge >= 0.3 is 0 Å². The SMILES string of the molecule is C1CN[C](C2NCCN2)N1. The Kier molecular flexibility index (Phi) is 1.86. The van der Waals surface area contributed by atoms with Crippen LogP contribution in [0.1, 0.15) is 0 Å². The molecule has 57 valence electrons. The topological polar surface area (TPSA) is 48.1 Å². The summed E-state index contributed by atoms with van der Waals surface area (Å²) in [4.78, 5) is 0. The molecular weight excluding hydrogens is 128 g/mol. The number of rotatable bonds is 1. The molecule has 2 fully saturated rings. The predicted molar refractivity (Wildman–Crippen MR) is 39.0 cm³/mol. The minimum atomic E-state index is 0.350. The second-order valence-corrected chi connectivity index (χ2v) is 2.61. The first-order valence-corrected chi connectivity index (χ1v) is 3.78. The molecule has 2 rings (SSSR count). The zero-order valence-corrected chi connectivity index (χ0v) is 5.91. The van der Waals surface area contributed by atoms with Crippen LogP contribution in [-0.4, -0.2) is 32.3 Å². The van der Waals surface area contributed by atoms with Crippen molar-refractivity contribution in [2.45, 2.75) is 6.17 Å². The second kappa shape index (κ2) is 2.84. The van der Waals surface area contributed by atoms with Crippen molar-refractivity contribution < 1.29 is 0 Å². The van der Waals surface area contributed by atoms with E-state index in [0.717, 1.165) is 26.2 Å². The third-order valence-electron chi connectivity index (χ3n) is 1.87. The van der Waals surface area contributed by atoms with Gasteiger partial charge in [-0.15, -0.1) is 0 Å². The van der Waals surface area contributed by atoms with Crippen molar-refractivity contribution >= 4 is 0 Å². The van der Waals surface area contributed by atoms with Gasteiger partial charge in [-0.05, 0) is 0 Å². The zero-order chi connectivity index (χ0) is 6.81. The highest BCUT2D eigenvalue weighted by Crippen LogP contribution is 2.01. The largest absolute Gasteiger partial charge is 0.298 e. The standard InChI is InChI=1S/C6H13N4/c1-2-8-5(7-1)6-9-3-4-10-6/h5,7-10H,1-4H2. The van der Waals surface area contributed by atoms with Crippen molar-refractivity contribution in [3.05, 3.63) is 6.17 Å². The normalized spacial score (nSPS) is 30.0. The lowest BCUT2D eigenvalue weighted by Crippen LogP contribution is -2.46. The summed E-state index contributed by atoms with van der Waals surface area (Å²) >= 11 is 0. The molecule has 0 aromatic carbocycles. The van der Waals surface area contributed by atoms with Gasteiger partial charge < -0.3 is 0 Å². The Balaban J connectivity index is 1.85. The summed E-state index contributed by atoms with van der Waals surface area (Å²) in [5.74, 6) is 0. The predicted octanol–water partition coefficient (Wildman–Crippen LogP) is -1.81. The van der Waals surface area contributed by atoms with Gasteiger partial charge in [-0.1, -0.05) is 0 Å². The Morgan fingerprint density at radius 1 is 0.900 bits per heavy atom. The highest BCUT2D eigenvalue weighted by molar-refractivity contribution is 5.01. The summed E-state index contributed by atoms with van der Waals surface area (Å²) in [7, 11) is 0. The minimum absolute atomic E-state index is 0.350. The van der Waals surface area contributed by atoms with Crippen LogP contribution in [0.3, 0.4) is 0 Å². The molecule has 0 aromatic heterocycles. The molecule has 1 radical (unpaired) electrons. The molecule has 2 saturated heterocycles. The van der Waals surface area contributed by atoms with Gasteiger partial charge in [-0.25, -0.2) is 0 Å². The molecule has 0 saturated carbocycles. The monoisotopic (exact) mass is 141 g/mol. The van der Waals surface area contributed by atoms with Crippen LogP contribution < -0.4 is 21.3 Å². The average molecular weight is 141 g/mol. The van der Waals surface area contributed by atoms with Crippen molar-refractivity contribution in [2.24, 2.45) is 0 Å². The number of nitrogens with one attached hydrogen (secondary N) is 4. The van der Waals surface area contributed by atoms with E-state index in [1.54, 1.807) is 0 Å². The van der Waals surface area contributed by atoms with Crippen LogP contribution in [0, 0.1) is 6.17 Å². The van der Waals surface area contributed by atoms with E-state index < -0.39 is 0 Å². The van der Waals surface area contributed by atoms with E-state index in [4.69, 9.17) is 0 Å². The maximum atomic E-state index is 3.33. The summed E-state index contributed by atoms with van der Waals surface area (Å²) in [5.41, 5.74) is 0. The molecule has 0 aromatic rings. The van der Waals surface area contributed by atoms with E-state index >= 15 is 0 Å². The highest BCUT2D eigenvalue weighted by atomic mass is 15.3. The molecule has 0 spiro atoms. The molecule has 0 unspecified atom stereocenters. The van der Waals surface area contributed by atoms with Crippen LogP contribution in [0.2, 0.25) is 0 Å². The summed E-state index contributed by atoms with van der Waals surface area (Å²) in [6, 6.07) is 0. The van der Waals surface area contributed by atoms with Crippen LogP contribution in [0.25, 0.3) is 0 Å². The lowest BCUT2D eigenvalue weighted by molar-refractivity contribution is 0.497. The summed E-state index contributed by atoms with van der Waals surface area (Å²) in [5, 5.41) is 13.2. The van der Waals surface area contributed by atoms with Gasteiger partial charge in [-0.3, -0.25) is 21.3 Å². The molecule has 2 aliphatic heterocycles. The van der Waals surface area contributed by atoms with Gasteiger partial charge in [0.1, 0.15) is 6.17 Å². The molecular formula is C6H13N4. The lowest BCUT2D eigenvalue weighted by Gasteiger charge is -2.17. The number of hydrogen-bond acceptors (Lipinski definition) is 4. The molecule has 10 heavy (non-hydrogen) atoms. The van der Waals surface area contributed by atoms with E-state index in [0.29, 0.717) is 6.17 Å². The summed E-state index contributed by atoms with van der Waals surface area (Å²) in [6.45, 7) is 4.24. The Morgan fingerprint density at radius 3 is 2.10 bits per heavy atom. The van der Waals surface area contributed by atoms with Crippen molar-refractivity contribution in [3.63, 3.8) is 0 Å². The van der Waals surface area contributed by atoms with Gasteiger partial charge in [0.15, 0.2) is 0 Å². The summed E-state index contributed by atoms with van der Waals surface area (Å²) in [6.07, 6.45) is 1.56. The smallest absolute Gasteiger partial charge is 0.133 e. The van der Waals surface area contributed by atoms with Crippen molar-refractivity contribution in [2.75, 3.05) is 26.2 Å². The van der Waals surface area contributed by atoms with Crippen LogP contribution >= 0.6 is 0 Å². The molecule has 4 N–H and O–H groups in total. The van der Waals surface area contributed by atoms with Gasteiger partial charge in [-0.2, -0.15) is 0 Å². The molecule has 0 amide bonds. The zero-order valence-electron chi connectivity index (χ0n) is 5.91. The summed E-state index contributed by atoms with van der Waals surface area (Å²) < 4.78 is 0. The first-order chi connectivity index (χ1) is 4.97. The van der Waals surface area contributed by atoms with Gasteiger partial charge in [0, 0.05) is 26.2 Å². The van der Waals surface area contributed by atoms with Crippen molar-refractivity contribution in [1.82, 2.24) is 21.3 Å². The van der Waals surface area contributed by atoms with E-state index in [2.05, 4.69) is 21.3 Å². The van der Waals surface area contributed by atoms with E-state index in [-0.39, 0.29) is 0 Å². The first kappa shape index (κ1) is 6.54. The molecule has 4 heteroatoms. The lowest BCUT2D eigenvalue weighted by atomic mass is 10.4. The molecule has 2 heterocycles. The van der Waals surface area contributed by atoms with E-state index in [9.17, 15) is 0 Å². The van der Waals surface area contributed by atoms with Crippen LogP contribution in [0.15, 0.2) is 0 Å². The number of hydrogen-bond donors (Lipinski definition) is 4. The molecule has 0 atom stereocenters. The van der Waals surface area contributed by atoms with E-state index in [1.165, 1.54) is 6.17 Å².